The number of carbonyl (C=O) groups is 1. The van der Waals surface area contributed by atoms with Gasteiger partial charge in [-0.25, -0.2) is 4.68 Å². The summed E-state index contributed by atoms with van der Waals surface area (Å²) in [5.41, 5.74) is 2.73. The van der Waals surface area contributed by atoms with Gasteiger partial charge in [0.1, 0.15) is 4.60 Å². The molecule has 0 saturated heterocycles. The molecule has 3 nitrogen and oxygen atoms in total. The maximum Gasteiger partial charge on any atom is 0.167 e. The molecule has 0 N–H and O–H groups in total. The van der Waals surface area contributed by atoms with Crippen molar-refractivity contribution >= 4 is 27.9 Å². The number of carbonyl (C=O) groups excluding carboxylic acids is 1. The lowest BCUT2D eigenvalue weighted by Gasteiger charge is -2.05. The van der Waals surface area contributed by atoms with E-state index in [1.54, 1.807) is 10.8 Å². The molecule has 4 heteroatoms. The monoisotopic (exact) mass is 368 g/mol. The van der Waals surface area contributed by atoms with Crippen LogP contribution >= 0.6 is 15.9 Å². The molecule has 0 aliphatic heterocycles. The normalized spacial score (nSPS) is 10.9. The first-order valence-electron chi connectivity index (χ1n) is 8.07. The van der Waals surface area contributed by atoms with E-state index >= 15 is 0 Å². The molecule has 22 heavy (non-hydrogen) atoms. The number of halogens is 1. The Balaban J connectivity index is 0.00000135. The lowest BCUT2D eigenvalue weighted by molar-refractivity contribution is 0.0980. The molecule has 124 valence electrons. The molecule has 0 saturated carbocycles. The van der Waals surface area contributed by atoms with Gasteiger partial charge in [0.2, 0.25) is 0 Å². The predicted octanol–water partition coefficient (Wildman–Crippen LogP) is 6.04. The van der Waals surface area contributed by atoms with Gasteiger partial charge in [-0.2, -0.15) is 5.10 Å². The van der Waals surface area contributed by atoms with Crippen molar-refractivity contribution in [1.82, 2.24) is 9.78 Å². The molecule has 1 rings (SSSR count). The first-order valence-corrected chi connectivity index (χ1v) is 8.86. The van der Waals surface area contributed by atoms with Crippen LogP contribution in [0, 0.1) is 0 Å². The Morgan fingerprint density at radius 2 is 1.86 bits per heavy atom. The zero-order chi connectivity index (χ0) is 17.1. The largest absolute Gasteiger partial charge is 0.294 e. The smallest absolute Gasteiger partial charge is 0.167 e. The molecule has 1 aromatic heterocycles. The summed E-state index contributed by atoms with van der Waals surface area (Å²) in [6.07, 6.45) is 8.16. The zero-order valence-electron chi connectivity index (χ0n) is 14.6. The summed E-state index contributed by atoms with van der Waals surface area (Å²) in [7, 11) is 0. The number of hydrogen-bond acceptors (Lipinski definition) is 2. The molecular weight excluding hydrogens is 340 g/mol. The van der Waals surface area contributed by atoms with E-state index in [4.69, 9.17) is 0 Å². The lowest BCUT2D eigenvalue weighted by Crippen LogP contribution is -2.05. The van der Waals surface area contributed by atoms with Gasteiger partial charge < -0.3 is 0 Å². The van der Waals surface area contributed by atoms with E-state index in [9.17, 15) is 4.79 Å². The lowest BCUT2D eigenvalue weighted by atomic mass is 10.1. The van der Waals surface area contributed by atoms with Crippen LogP contribution in [0.25, 0.3) is 6.20 Å². The van der Waals surface area contributed by atoms with Crippen molar-refractivity contribution in [3.63, 3.8) is 0 Å². The molecule has 0 atom stereocenters. The standard InChI is InChI=1S/C15H21BrN2O.C3H8/c1-5-8-12-14(13(19)9-6-2)15(16)17-18(12)10-11(4)7-3;1-3-2/h7,10H,3,5-6,8-9H2,1-2,4H3;3H2,1-2H3/b11-10-;. The molecule has 0 fully saturated rings. The molecule has 0 radical (unpaired) electrons. The summed E-state index contributed by atoms with van der Waals surface area (Å²) < 4.78 is 2.44. The van der Waals surface area contributed by atoms with E-state index < -0.39 is 0 Å². The minimum Gasteiger partial charge on any atom is -0.294 e. The topological polar surface area (TPSA) is 34.9 Å². The van der Waals surface area contributed by atoms with Crippen molar-refractivity contribution in [2.45, 2.75) is 66.7 Å². The average Bonchev–Trinajstić information content (AvgIpc) is 2.76. The van der Waals surface area contributed by atoms with E-state index in [2.05, 4.69) is 48.4 Å². The van der Waals surface area contributed by atoms with Crippen LogP contribution in [0.15, 0.2) is 22.8 Å². The van der Waals surface area contributed by atoms with Crippen LogP contribution in [0.3, 0.4) is 0 Å². The molecule has 0 aromatic carbocycles. The number of ketones is 1. The third-order valence-corrected chi connectivity index (χ3v) is 3.41. The maximum atomic E-state index is 12.2. The second-order valence-corrected chi connectivity index (χ2v) is 6.02. The molecule has 0 amide bonds. The van der Waals surface area contributed by atoms with Crippen molar-refractivity contribution in [3.8, 4) is 0 Å². The summed E-state index contributed by atoms with van der Waals surface area (Å²) >= 11 is 3.41. The van der Waals surface area contributed by atoms with E-state index in [1.807, 2.05) is 20.0 Å². The van der Waals surface area contributed by atoms with E-state index in [0.717, 1.165) is 36.1 Å². The Bertz CT molecular complexity index is 515. The average molecular weight is 369 g/mol. The van der Waals surface area contributed by atoms with Gasteiger partial charge in [0.25, 0.3) is 0 Å². The van der Waals surface area contributed by atoms with E-state index in [-0.39, 0.29) is 5.78 Å². The summed E-state index contributed by atoms with van der Waals surface area (Å²) in [6.45, 7) is 14.1. The summed E-state index contributed by atoms with van der Waals surface area (Å²) in [6, 6.07) is 0. The fourth-order valence-electron chi connectivity index (χ4n) is 1.90. The Labute approximate surface area is 143 Å². The van der Waals surface area contributed by atoms with E-state index in [0.29, 0.717) is 11.0 Å². The minimum absolute atomic E-state index is 0.161. The molecule has 1 heterocycles. The van der Waals surface area contributed by atoms with E-state index in [1.165, 1.54) is 6.42 Å². The number of rotatable bonds is 7. The fourth-order valence-corrected chi connectivity index (χ4v) is 2.52. The molecule has 0 spiro atoms. The van der Waals surface area contributed by atoms with Crippen molar-refractivity contribution in [3.05, 3.63) is 34.1 Å². The fraction of sp³-hybridized carbons (Fsp3) is 0.556. The molecule has 0 aliphatic carbocycles. The molecule has 0 bridgehead atoms. The number of nitrogens with zero attached hydrogens (tertiary/aromatic N) is 2. The van der Waals surface area contributed by atoms with Crippen LogP contribution in [0.1, 0.15) is 76.4 Å². The number of aromatic nitrogens is 2. The molecule has 0 aliphatic rings. The van der Waals surface area contributed by atoms with Gasteiger partial charge in [-0.15, -0.1) is 0 Å². The van der Waals surface area contributed by atoms with Crippen LogP contribution in [0.5, 0.6) is 0 Å². The summed E-state index contributed by atoms with van der Waals surface area (Å²) in [4.78, 5) is 12.2. The van der Waals surface area contributed by atoms with Gasteiger partial charge in [0.15, 0.2) is 5.78 Å². The highest BCUT2D eigenvalue weighted by Gasteiger charge is 2.20. The Kier molecular flexibility index (Phi) is 10.8. The summed E-state index contributed by atoms with van der Waals surface area (Å²) in [5, 5.41) is 4.41. The highest BCUT2D eigenvalue weighted by Crippen LogP contribution is 2.24. The van der Waals surface area contributed by atoms with Crippen molar-refractivity contribution in [2.24, 2.45) is 0 Å². The van der Waals surface area contributed by atoms with Crippen molar-refractivity contribution < 1.29 is 4.79 Å². The summed E-state index contributed by atoms with van der Waals surface area (Å²) in [5.74, 6) is 0.161. The van der Waals surface area contributed by atoms with Gasteiger partial charge in [0.05, 0.1) is 11.3 Å². The SMILES string of the molecule is C=C/C(C)=C\n1nc(Br)c(C(=O)CCC)c1CCC.CCC. The van der Waals surface area contributed by atoms with Crippen LogP contribution < -0.4 is 0 Å². The maximum absolute atomic E-state index is 12.2. The van der Waals surface area contributed by atoms with Gasteiger partial charge in [0, 0.05) is 12.6 Å². The third-order valence-electron chi connectivity index (χ3n) is 2.86. The van der Waals surface area contributed by atoms with Gasteiger partial charge >= 0.3 is 0 Å². The van der Waals surface area contributed by atoms with Crippen LogP contribution in [-0.4, -0.2) is 15.6 Å². The number of allylic oxidation sites excluding steroid dienone is 2. The second kappa shape index (κ2) is 11.4. The third kappa shape index (κ3) is 6.30. The zero-order valence-corrected chi connectivity index (χ0v) is 16.2. The Morgan fingerprint density at radius 1 is 1.27 bits per heavy atom. The first-order chi connectivity index (χ1) is 10.5. The Morgan fingerprint density at radius 3 is 2.32 bits per heavy atom. The minimum atomic E-state index is 0.161. The van der Waals surface area contributed by atoms with Crippen molar-refractivity contribution in [1.29, 1.82) is 0 Å². The molecule has 1 aromatic rings. The number of hydrogen-bond donors (Lipinski definition) is 0. The highest BCUT2D eigenvalue weighted by molar-refractivity contribution is 9.10. The van der Waals surface area contributed by atoms with Gasteiger partial charge in [-0.3, -0.25) is 4.79 Å². The van der Waals surface area contributed by atoms with Crippen LogP contribution in [-0.2, 0) is 6.42 Å². The second-order valence-electron chi connectivity index (χ2n) is 5.26. The van der Waals surface area contributed by atoms with Crippen LogP contribution in [0.4, 0.5) is 0 Å². The quantitative estimate of drug-likeness (QED) is 0.434. The Hall–Kier alpha value is -1.16. The number of Topliss-reactive ketones (excluding diaryl/α,β-unsaturated/α-hetero) is 1. The van der Waals surface area contributed by atoms with Gasteiger partial charge in [-0.05, 0) is 41.3 Å². The van der Waals surface area contributed by atoms with Crippen molar-refractivity contribution in [2.75, 3.05) is 0 Å². The first kappa shape index (κ1) is 20.8. The highest BCUT2D eigenvalue weighted by atomic mass is 79.9. The predicted molar refractivity (Wildman–Crippen MR) is 99.3 cm³/mol. The molecule has 0 unspecified atom stereocenters. The van der Waals surface area contributed by atoms with Gasteiger partial charge in [-0.1, -0.05) is 53.2 Å². The molecular formula is C18H29BrN2O. The van der Waals surface area contributed by atoms with Crippen LogP contribution in [0.2, 0.25) is 0 Å².